The SMILES string of the molecule is CC(NSc1cc(Cl)cc(Cl)c1O)c1ccc2c(c1)NC(=O)CO2. The number of ether oxygens (including phenoxy) is 1. The number of carbonyl (C=O) groups excluding carboxylic acids is 1. The molecular weight excluding hydrogens is 371 g/mol. The summed E-state index contributed by atoms with van der Waals surface area (Å²) in [5.41, 5.74) is 1.61. The van der Waals surface area contributed by atoms with E-state index in [1.54, 1.807) is 6.07 Å². The van der Waals surface area contributed by atoms with Crippen molar-refractivity contribution in [3.63, 3.8) is 0 Å². The Hall–Kier alpha value is -1.60. The van der Waals surface area contributed by atoms with Gasteiger partial charge in [-0.15, -0.1) is 0 Å². The number of phenolic OH excluding ortho intramolecular Hbond substituents is 1. The zero-order valence-corrected chi connectivity index (χ0v) is 14.9. The molecule has 1 aliphatic heterocycles. The first-order valence-electron chi connectivity index (χ1n) is 7.11. The van der Waals surface area contributed by atoms with Crippen molar-refractivity contribution in [2.45, 2.75) is 17.9 Å². The van der Waals surface area contributed by atoms with E-state index in [0.717, 1.165) is 5.56 Å². The van der Waals surface area contributed by atoms with Gasteiger partial charge in [-0.1, -0.05) is 29.3 Å². The standard InChI is InChI=1S/C16H14Cl2N2O3S/c1-8(20-24-14-6-10(17)5-11(18)16(14)22)9-2-3-13-12(4-9)19-15(21)7-23-13/h2-6,8,20,22H,7H2,1H3,(H,19,21). The van der Waals surface area contributed by atoms with Crippen LogP contribution in [0.1, 0.15) is 18.5 Å². The third-order valence-electron chi connectivity index (χ3n) is 3.48. The Kier molecular flexibility index (Phi) is 5.10. The fourth-order valence-corrected chi connectivity index (χ4v) is 3.66. The van der Waals surface area contributed by atoms with E-state index in [0.29, 0.717) is 21.4 Å². The maximum Gasteiger partial charge on any atom is 0.262 e. The van der Waals surface area contributed by atoms with E-state index in [9.17, 15) is 9.90 Å². The number of carbonyl (C=O) groups is 1. The molecule has 3 rings (SSSR count). The Bertz CT molecular complexity index is 801. The Balaban J connectivity index is 1.73. The fourth-order valence-electron chi connectivity index (χ4n) is 2.21. The first-order chi connectivity index (χ1) is 11.4. The molecule has 0 saturated carbocycles. The van der Waals surface area contributed by atoms with E-state index >= 15 is 0 Å². The summed E-state index contributed by atoms with van der Waals surface area (Å²) in [6.45, 7) is 1.99. The fraction of sp³-hybridized carbons (Fsp3) is 0.188. The van der Waals surface area contributed by atoms with Gasteiger partial charge in [-0.2, -0.15) is 0 Å². The summed E-state index contributed by atoms with van der Waals surface area (Å²) in [5, 5.41) is 13.4. The molecule has 1 unspecified atom stereocenters. The number of fused-ring (bicyclic) bond motifs is 1. The number of benzene rings is 2. The van der Waals surface area contributed by atoms with Crippen LogP contribution in [-0.2, 0) is 4.79 Å². The van der Waals surface area contributed by atoms with Crippen LogP contribution in [0.25, 0.3) is 0 Å². The Morgan fingerprint density at radius 2 is 2.12 bits per heavy atom. The molecule has 1 atom stereocenters. The topological polar surface area (TPSA) is 70.6 Å². The molecule has 126 valence electrons. The van der Waals surface area contributed by atoms with Crippen LogP contribution in [0.5, 0.6) is 11.5 Å². The van der Waals surface area contributed by atoms with Crippen LogP contribution in [0, 0.1) is 0 Å². The van der Waals surface area contributed by atoms with E-state index in [2.05, 4.69) is 10.0 Å². The Morgan fingerprint density at radius 1 is 1.33 bits per heavy atom. The van der Waals surface area contributed by atoms with E-state index < -0.39 is 0 Å². The first-order valence-corrected chi connectivity index (χ1v) is 8.68. The van der Waals surface area contributed by atoms with E-state index in [-0.39, 0.29) is 29.3 Å². The normalized spacial score (nSPS) is 14.5. The highest BCUT2D eigenvalue weighted by molar-refractivity contribution is 7.97. The highest BCUT2D eigenvalue weighted by Crippen LogP contribution is 2.37. The number of phenols is 1. The van der Waals surface area contributed by atoms with Crippen molar-refractivity contribution < 1.29 is 14.6 Å². The number of nitrogens with one attached hydrogen (secondary N) is 2. The zero-order chi connectivity index (χ0) is 17.3. The molecule has 2 aromatic rings. The molecular formula is C16H14Cl2N2O3S. The van der Waals surface area contributed by atoms with E-state index in [1.165, 1.54) is 18.0 Å². The largest absolute Gasteiger partial charge is 0.505 e. The zero-order valence-electron chi connectivity index (χ0n) is 12.6. The molecule has 0 spiro atoms. The van der Waals surface area contributed by atoms with Crippen LogP contribution in [0.4, 0.5) is 5.69 Å². The van der Waals surface area contributed by atoms with Gasteiger partial charge >= 0.3 is 0 Å². The lowest BCUT2D eigenvalue weighted by atomic mass is 10.1. The van der Waals surface area contributed by atoms with Crippen LogP contribution in [0.2, 0.25) is 10.0 Å². The van der Waals surface area contributed by atoms with Crippen molar-refractivity contribution in [2.24, 2.45) is 0 Å². The van der Waals surface area contributed by atoms with Crippen molar-refractivity contribution >= 4 is 46.7 Å². The maximum atomic E-state index is 11.4. The summed E-state index contributed by atoms with van der Waals surface area (Å²) in [6, 6.07) is 8.65. The number of rotatable bonds is 4. The average molecular weight is 385 g/mol. The number of aromatic hydroxyl groups is 1. The summed E-state index contributed by atoms with van der Waals surface area (Å²) in [4.78, 5) is 11.9. The van der Waals surface area contributed by atoms with Crippen LogP contribution in [-0.4, -0.2) is 17.6 Å². The van der Waals surface area contributed by atoms with Crippen molar-refractivity contribution in [1.82, 2.24) is 4.72 Å². The first kappa shape index (κ1) is 17.2. The molecule has 0 aliphatic carbocycles. The molecule has 0 aromatic heterocycles. The van der Waals surface area contributed by atoms with Gasteiger partial charge in [0.1, 0.15) is 11.5 Å². The Morgan fingerprint density at radius 3 is 2.92 bits per heavy atom. The second kappa shape index (κ2) is 7.11. The second-order valence-corrected chi connectivity index (χ2v) is 6.99. The monoisotopic (exact) mass is 384 g/mol. The van der Waals surface area contributed by atoms with Gasteiger partial charge in [0.15, 0.2) is 6.61 Å². The van der Waals surface area contributed by atoms with Crippen molar-refractivity contribution in [3.8, 4) is 11.5 Å². The predicted molar refractivity (Wildman–Crippen MR) is 96.1 cm³/mol. The lowest BCUT2D eigenvalue weighted by molar-refractivity contribution is -0.118. The number of hydrogen-bond acceptors (Lipinski definition) is 5. The van der Waals surface area contributed by atoms with Gasteiger partial charge in [0.25, 0.3) is 5.91 Å². The van der Waals surface area contributed by atoms with Crippen LogP contribution < -0.4 is 14.8 Å². The molecule has 2 aromatic carbocycles. The molecule has 1 amide bonds. The molecule has 8 heteroatoms. The van der Waals surface area contributed by atoms with Crippen LogP contribution in [0.15, 0.2) is 35.2 Å². The number of anilines is 1. The third-order valence-corrected chi connectivity index (χ3v) is 4.98. The minimum Gasteiger partial charge on any atom is -0.505 e. The summed E-state index contributed by atoms with van der Waals surface area (Å²) < 4.78 is 8.56. The highest BCUT2D eigenvalue weighted by Gasteiger charge is 2.18. The predicted octanol–water partition coefficient (Wildman–Crippen LogP) is 4.39. The van der Waals surface area contributed by atoms with E-state index in [4.69, 9.17) is 27.9 Å². The number of amides is 1. The van der Waals surface area contributed by atoms with Gasteiger partial charge in [0, 0.05) is 11.1 Å². The molecule has 3 N–H and O–H groups in total. The summed E-state index contributed by atoms with van der Waals surface area (Å²) in [6.07, 6.45) is 0. The van der Waals surface area contributed by atoms with Gasteiger partial charge in [0.05, 0.1) is 15.6 Å². The minimum absolute atomic E-state index is 0.0168. The van der Waals surface area contributed by atoms with Gasteiger partial charge in [0.2, 0.25) is 0 Å². The van der Waals surface area contributed by atoms with Crippen molar-refractivity contribution in [2.75, 3.05) is 11.9 Å². The lowest BCUT2D eigenvalue weighted by Gasteiger charge is -2.21. The molecule has 0 bridgehead atoms. The molecule has 0 fully saturated rings. The van der Waals surface area contributed by atoms with Gasteiger partial charge in [-0.05, 0) is 48.7 Å². The molecule has 5 nitrogen and oxygen atoms in total. The smallest absolute Gasteiger partial charge is 0.262 e. The van der Waals surface area contributed by atoms with Gasteiger partial charge in [-0.3, -0.25) is 9.52 Å². The van der Waals surface area contributed by atoms with Crippen LogP contribution in [0.3, 0.4) is 0 Å². The summed E-state index contributed by atoms with van der Waals surface area (Å²) in [7, 11) is 0. The van der Waals surface area contributed by atoms with Gasteiger partial charge in [-0.25, -0.2) is 0 Å². The minimum atomic E-state index is -0.173. The maximum absolute atomic E-state index is 11.4. The van der Waals surface area contributed by atoms with Crippen molar-refractivity contribution in [3.05, 3.63) is 45.9 Å². The van der Waals surface area contributed by atoms with Gasteiger partial charge < -0.3 is 15.2 Å². The van der Waals surface area contributed by atoms with E-state index in [1.807, 2.05) is 25.1 Å². The molecule has 0 saturated heterocycles. The average Bonchev–Trinajstić information content (AvgIpc) is 2.55. The molecule has 1 aliphatic rings. The second-order valence-electron chi connectivity index (χ2n) is 5.27. The Labute approximate surface area is 153 Å². The number of hydrogen-bond donors (Lipinski definition) is 3. The number of halogens is 2. The highest BCUT2D eigenvalue weighted by atomic mass is 35.5. The summed E-state index contributed by atoms with van der Waals surface area (Å²) in [5.74, 6) is 0.461. The van der Waals surface area contributed by atoms with Crippen molar-refractivity contribution in [1.29, 1.82) is 0 Å². The third kappa shape index (κ3) is 3.72. The molecule has 1 heterocycles. The quantitative estimate of drug-likeness (QED) is 0.681. The lowest BCUT2D eigenvalue weighted by Crippen LogP contribution is -2.25. The summed E-state index contributed by atoms with van der Waals surface area (Å²) >= 11 is 13.1. The molecule has 0 radical (unpaired) electrons. The van der Waals surface area contributed by atoms with Crippen LogP contribution >= 0.6 is 35.1 Å². The molecule has 24 heavy (non-hydrogen) atoms.